The fourth-order valence-electron chi connectivity index (χ4n) is 8.53. The third-order valence-electron chi connectivity index (χ3n) is 10.2. The number of hydrogen-bond acceptors (Lipinski definition) is 4. The topological polar surface area (TPSA) is 94.5 Å². The lowest BCUT2D eigenvalue weighted by Gasteiger charge is -2.50. The SMILES string of the molecule is C[C@]12CCC3c4ccccc4CCC3C1[C@H](CCCC(=O)Nc1cc3c([nH]c1=O)CCCC3)C/C2=N\O. The molecule has 0 aliphatic heterocycles. The lowest BCUT2D eigenvalue weighted by atomic mass is 9.54. The fraction of sp³-hybridized carbons (Fsp3) is 0.581. The quantitative estimate of drug-likeness (QED) is 0.348. The van der Waals surface area contributed by atoms with Crippen molar-refractivity contribution in [1.82, 2.24) is 4.98 Å². The van der Waals surface area contributed by atoms with Crippen LogP contribution in [0.15, 0.2) is 40.3 Å². The van der Waals surface area contributed by atoms with E-state index >= 15 is 0 Å². The van der Waals surface area contributed by atoms with Crippen LogP contribution in [0.4, 0.5) is 5.69 Å². The number of aromatic amines is 1. The van der Waals surface area contributed by atoms with Crippen LogP contribution in [0, 0.1) is 23.2 Å². The van der Waals surface area contributed by atoms with Crippen LogP contribution in [0.3, 0.4) is 0 Å². The molecule has 3 unspecified atom stereocenters. The van der Waals surface area contributed by atoms with Crippen LogP contribution in [0.2, 0.25) is 0 Å². The van der Waals surface area contributed by atoms with E-state index in [-0.39, 0.29) is 16.9 Å². The summed E-state index contributed by atoms with van der Waals surface area (Å²) in [5.41, 5.74) is 6.31. The van der Waals surface area contributed by atoms with Gasteiger partial charge in [-0.15, -0.1) is 0 Å². The third kappa shape index (κ3) is 4.32. The van der Waals surface area contributed by atoms with Gasteiger partial charge in [0.25, 0.3) is 5.56 Å². The highest BCUT2D eigenvalue weighted by Gasteiger charge is 2.57. The Morgan fingerprint density at radius 1 is 1.16 bits per heavy atom. The molecule has 6 heteroatoms. The Morgan fingerprint density at radius 2 is 2.00 bits per heavy atom. The average Bonchev–Trinajstić information content (AvgIpc) is 3.20. The molecule has 0 saturated heterocycles. The monoisotopic (exact) mass is 501 g/mol. The number of oxime groups is 1. The van der Waals surface area contributed by atoms with Crippen molar-refractivity contribution in [2.24, 2.45) is 28.3 Å². The van der Waals surface area contributed by atoms with Crippen LogP contribution in [0.1, 0.15) is 93.0 Å². The standard InChI is InChI=1S/C31H39N3O3/c1-31-16-15-23-22-10-4-2-7-19(22)13-14-24(23)29(31)21(18-27(31)34-37)9-6-12-28(35)32-26-17-20-8-3-5-11-25(20)33-30(26)36/h2,4,7,10,17,21,23-24,29,37H,3,5-6,8-9,11-16,18H2,1H3,(H,32,35)(H,33,36)/b34-27+/t21-,23?,24?,29?,31-/m1/s1. The molecule has 6 rings (SSSR count). The predicted molar refractivity (Wildman–Crippen MR) is 145 cm³/mol. The van der Waals surface area contributed by atoms with Gasteiger partial charge in [-0.05, 0) is 117 Å². The number of anilines is 1. The molecular formula is C31H39N3O3. The smallest absolute Gasteiger partial charge is 0.271 e. The van der Waals surface area contributed by atoms with Crippen LogP contribution >= 0.6 is 0 Å². The molecule has 1 aromatic carbocycles. The molecule has 0 bridgehead atoms. The molecule has 1 heterocycles. The van der Waals surface area contributed by atoms with Crippen molar-refractivity contribution in [2.45, 2.75) is 89.9 Å². The number of rotatable bonds is 5. The first kappa shape index (κ1) is 24.4. The van der Waals surface area contributed by atoms with Crippen LogP contribution in [0.5, 0.6) is 0 Å². The number of benzene rings is 1. The van der Waals surface area contributed by atoms with E-state index in [1.54, 1.807) is 0 Å². The Bertz CT molecular complexity index is 1280. The molecule has 0 radical (unpaired) electrons. The van der Waals surface area contributed by atoms with Gasteiger partial charge in [-0.2, -0.15) is 0 Å². The summed E-state index contributed by atoms with van der Waals surface area (Å²) in [4.78, 5) is 28.3. The number of amides is 1. The molecule has 2 aromatic rings. The minimum absolute atomic E-state index is 0.0500. The lowest BCUT2D eigenvalue weighted by Crippen LogP contribution is -2.44. The van der Waals surface area contributed by atoms with Gasteiger partial charge in [0.15, 0.2) is 0 Å². The van der Waals surface area contributed by atoms with Crippen molar-refractivity contribution < 1.29 is 10.0 Å². The molecule has 196 valence electrons. The van der Waals surface area contributed by atoms with E-state index < -0.39 is 0 Å². The zero-order valence-electron chi connectivity index (χ0n) is 21.9. The van der Waals surface area contributed by atoms with E-state index in [1.165, 1.54) is 17.5 Å². The Labute approximate surface area is 219 Å². The summed E-state index contributed by atoms with van der Waals surface area (Å²) in [6.45, 7) is 2.32. The number of pyridine rings is 1. The molecule has 5 atom stereocenters. The first-order chi connectivity index (χ1) is 18.0. The Balaban J connectivity index is 1.13. The molecule has 6 nitrogen and oxygen atoms in total. The fourth-order valence-corrected chi connectivity index (χ4v) is 8.53. The molecule has 1 amide bonds. The number of aryl methyl sites for hydroxylation is 3. The first-order valence-electron chi connectivity index (χ1n) is 14.3. The van der Waals surface area contributed by atoms with Crippen molar-refractivity contribution in [3.63, 3.8) is 0 Å². The van der Waals surface area contributed by atoms with E-state index in [4.69, 9.17) is 0 Å². The Morgan fingerprint density at radius 3 is 2.86 bits per heavy atom. The van der Waals surface area contributed by atoms with E-state index in [1.807, 2.05) is 6.07 Å². The second-order valence-electron chi connectivity index (χ2n) is 12.2. The number of hydrogen-bond donors (Lipinski definition) is 3. The van der Waals surface area contributed by atoms with Gasteiger partial charge >= 0.3 is 0 Å². The number of carbonyl (C=O) groups is 1. The number of aromatic nitrogens is 1. The van der Waals surface area contributed by atoms with Gasteiger partial charge in [0.1, 0.15) is 5.69 Å². The normalized spacial score (nSPS) is 31.2. The minimum atomic E-state index is -0.199. The number of nitrogens with one attached hydrogen (secondary N) is 2. The van der Waals surface area contributed by atoms with Crippen molar-refractivity contribution in [3.8, 4) is 0 Å². The second-order valence-corrected chi connectivity index (χ2v) is 12.2. The van der Waals surface area contributed by atoms with Gasteiger partial charge < -0.3 is 15.5 Å². The highest BCUT2D eigenvalue weighted by atomic mass is 16.4. The van der Waals surface area contributed by atoms with Gasteiger partial charge in [-0.1, -0.05) is 36.3 Å². The van der Waals surface area contributed by atoms with Crippen LogP contribution in [-0.2, 0) is 24.1 Å². The van der Waals surface area contributed by atoms with Gasteiger partial charge in [0.05, 0.1) is 5.71 Å². The number of fused-ring (bicyclic) bond motifs is 6. The van der Waals surface area contributed by atoms with Gasteiger partial charge in [-0.3, -0.25) is 9.59 Å². The third-order valence-corrected chi connectivity index (χ3v) is 10.2. The summed E-state index contributed by atoms with van der Waals surface area (Å²) in [6.07, 6.45) is 11.6. The maximum atomic E-state index is 12.8. The highest BCUT2D eigenvalue weighted by molar-refractivity contribution is 5.92. The summed E-state index contributed by atoms with van der Waals surface area (Å²) in [6, 6.07) is 10.8. The van der Waals surface area contributed by atoms with Gasteiger partial charge in [0, 0.05) is 17.5 Å². The first-order valence-corrected chi connectivity index (χ1v) is 14.3. The molecule has 3 N–H and O–H groups in total. The van der Waals surface area contributed by atoms with E-state index in [0.29, 0.717) is 35.8 Å². The molecular weight excluding hydrogens is 462 g/mol. The van der Waals surface area contributed by atoms with Crippen molar-refractivity contribution in [1.29, 1.82) is 0 Å². The average molecular weight is 502 g/mol. The van der Waals surface area contributed by atoms with Gasteiger partial charge in [-0.25, -0.2) is 0 Å². The summed E-state index contributed by atoms with van der Waals surface area (Å²) in [5.74, 6) is 2.00. The highest BCUT2D eigenvalue weighted by Crippen LogP contribution is 2.62. The van der Waals surface area contributed by atoms with E-state index in [2.05, 4.69) is 46.6 Å². The number of H-pyrrole nitrogens is 1. The molecule has 4 aliphatic carbocycles. The predicted octanol–water partition coefficient (Wildman–Crippen LogP) is 5.98. The van der Waals surface area contributed by atoms with Crippen molar-refractivity contribution in [2.75, 3.05) is 5.32 Å². The molecule has 4 aliphatic rings. The van der Waals surface area contributed by atoms with Crippen LogP contribution in [-0.4, -0.2) is 21.8 Å². The Kier molecular flexibility index (Phi) is 6.46. The minimum Gasteiger partial charge on any atom is -0.411 e. The van der Waals surface area contributed by atoms with Crippen molar-refractivity contribution in [3.05, 3.63) is 63.1 Å². The molecule has 2 fully saturated rings. The van der Waals surface area contributed by atoms with E-state index in [9.17, 15) is 14.8 Å². The molecule has 2 saturated carbocycles. The maximum Gasteiger partial charge on any atom is 0.271 e. The summed E-state index contributed by atoms with van der Waals surface area (Å²) in [7, 11) is 0. The van der Waals surface area contributed by atoms with Crippen molar-refractivity contribution >= 4 is 17.3 Å². The summed E-state index contributed by atoms with van der Waals surface area (Å²) >= 11 is 0. The van der Waals surface area contributed by atoms with Crippen LogP contribution in [0.25, 0.3) is 0 Å². The molecule has 37 heavy (non-hydrogen) atoms. The summed E-state index contributed by atoms with van der Waals surface area (Å²) in [5, 5.41) is 16.6. The largest absolute Gasteiger partial charge is 0.411 e. The zero-order valence-corrected chi connectivity index (χ0v) is 21.9. The van der Waals surface area contributed by atoms with Gasteiger partial charge in [0.2, 0.25) is 5.91 Å². The number of carbonyl (C=O) groups excluding carboxylic acids is 1. The molecule has 0 spiro atoms. The Hall–Kier alpha value is -2.89. The molecule has 1 aromatic heterocycles. The van der Waals surface area contributed by atoms with E-state index in [0.717, 1.165) is 81.2 Å². The second kappa shape index (κ2) is 9.77. The van der Waals surface area contributed by atoms with Crippen LogP contribution < -0.4 is 10.9 Å². The lowest BCUT2D eigenvalue weighted by molar-refractivity contribution is -0.116. The summed E-state index contributed by atoms with van der Waals surface area (Å²) < 4.78 is 0. The number of nitrogens with zero attached hydrogens (tertiary/aromatic N) is 1. The zero-order chi connectivity index (χ0) is 25.6. The maximum absolute atomic E-state index is 12.8.